The van der Waals surface area contributed by atoms with Crippen LogP contribution in [0.15, 0.2) is 30.3 Å². The van der Waals surface area contributed by atoms with Crippen LogP contribution in [-0.4, -0.2) is 46.3 Å². The van der Waals surface area contributed by atoms with Gasteiger partial charge in [0, 0.05) is 13.1 Å². The number of amides is 1. The molecule has 1 amide bonds. The van der Waals surface area contributed by atoms with Crippen molar-refractivity contribution in [3.05, 3.63) is 35.9 Å². The Kier molecular flexibility index (Phi) is 3.42. The molecule has 0 radical (unpaired) electrons. The summed E-state index contributed by atoms with van der Waals surface area (Å²) < 4.78 is 0. The second kappa shape index (κ2) is 4.83. The molecule has 3 atom stereocenters. The van der Waals surface area contributed by atoms with E-state index in [9.17, 15) is 15.0 Å². The van der Waals surface area contributed by atoms with Crippen molar-refractivity contribution in [2.24, 2.45) is 5.73 Å². The van der Waals surface area contributed by atoms with Gasteiger partial charge in [0.25, 0.3) is 0 Å². The van der Waals surface area contributed by atoms with Gasteiger partial charge in [-0.25, -0.2) is 0 Å². The summed E-state index contributed by atoms with van der Waals surface area (Å²) in [6.45, 7) is 0.279. The molecule has 4 N–H and O–H groups in total. The molecule has 1 aliphatic rings. The van der Waals surface area contributed by atoms with E-state index in [4.69, 9.17) is 5.73 Å². The quantitative estimate of drug-likeness (QED) is 0.630. The normalized spacial score (nSPS) is 25.9. The number of rotatable bonds is 2. The average Bonchev–Trinajstić information content (AvgIpc) is 2.69. The predicted octanol–water partition coefficient (Wildman–Crippen LogP) is -0.750. The van der Waals surface area contributed by atoms with Crippen molar-refractivity contribution in [3.8, 4) is 0 Å². The van der Waals surface area contributed by atoms with Crippen LogP contribution in [0.2, 0.25) is 0 Å². The first kappa shape index (κ1) is 12.0. The second-order valence-electron chi connectivity index (χ2n) is 4.27. The summed E-state index contributed by atoms with van der Waals surface area (Å²) in [7, 11) is 0. The lowest BCUT2D eigenvalue weighted by molar-refractivity contribution is -0.132. The maximum Gasteiger partial charge on any atom is 0.244 e. The number of nitrogens with zero attached hydrogens (tertiary/aromatic N) is 1. The van der Waals surface area contributed by atoms with E-state index < -0.39 is 18.2 Å². The summed E-state index contributed by atoms with van der Waals surface area (Å²) in [6.07, 6.45) is -1.75. The zero-order valence-corrected chi connectivity index (χ0v) is 9.36. The number of hydrogen-bond donors (Lipinski definition) is 3. The molecule has 1 unspecified atom stereocenters. The van der Waals surface area contributed by atoms with Gasteiger partial charge in [0.05, 0.1) is 12.2 Å². The Hall–Kier alpha value is -1.43. The zero-order valence-electron chi connectivity index (χ0n) is 9.36. The monoisotopic (exact) mass is 236 g/mol. The molecule has 1 heterocycles. The van der Waals surface area contributed by atoms with E-state index in [0.717, 1.165) is 5.56 Å². The fraction of sp³-hybridized carbons (Fsp3) is 0.417. The summed E-state index contributed by atoms with van der Waals surface area (Å²) in [4.78, 5) is 13.4. The third-order valence-corrected chi connectivity index (χ3v) is 3.00. The summed E-state index contributed by atoms with van der Waals surface area (Å²) in [5.41, 5.74) is 6.58. The third kappa shape index (κ3) is 2.46. The van der Waals surface area contributed by atoms with Crippen LogP contribution in [0.1, 0.15) is 11.6 Å². The van der Waals surface area contributed by atoms with Crippen molar-refractivity contribution in [3.63, 3.8) is 0 Å². The van der Waals surface area contributed by atoms with Crippen LogP contribution in [-0.2, 0) is 4.79 Å². The van der Waals surface area contributed by atoms with Crippen LogP contribution in [0.25, 0.3) is 0 Å². The molecule has 2 rings (SSSR count). The Bertz CT molecular complexity index is 386. The van der Waals surface area contributed by atoms with Gasteiger partial charge in [-0.2, -0.15) is 0 Å². The molecule has 1 saturated heterocycles. The van der Waals surface area contributed by atoms with Crippen molar-refractivity contribution < 1.29 is 15.0 Å². The van der Waals surface area contributed by atoms with E-state index in [-0.39, 0.29) is 19.0 Å². The highest BCUT2D eigenvalue weighted by Crippen LogP contribution is 2.17. The Balaban J connectivity index is 2.06. The van der Waals surface area contributed by atoms with Gasteiger partial charge in [-0.15, -0.1) is 0 Å². The number of nitrogens with two attached hydrogens (primary N) is 1. The number of hydrogen-bond acceptors (Lipinski definition) is 4. The molecule has 17 heavy (non-hydrogen) atoms. The lowest BCUT2D eigenvalue weighted by atomic mass is 10.1. The van der Waals surface area contributed by atoms with Crippen molar-refractivity contribution in [1.82, 2.24) is 4.90 Å². The van der Waals surface area contributed by atoms with E-state index in [1.165, 1.54) is 4.90 Å². The highest BCUT2D eigenvalue weighted by molar-refractivity contribution is 5.83. The van der Waals surface area contributed by atoms with Crippen molar-refractivity contribution >= 4 is 5.91 Å². The van der Waals surface area contributed by atoms with Crippen molar-refractivity contribution in [2.45, 2.75) is 18.2 Å². The van der Waals surface area contributed by atoms with Crippen LogP contribution >= 0.6 is 0 Å². The highest BCUT2D eigenvalue weighted by atomic mass is 16.3. The first-order chi connectivity index (χ1) is 8.09. The maximum absolute atomic E-state index is 12.0. The van der Waals surface area contributed by atoms with Gasteiger partial charge in [-0.1, -0.05) is 30.3 Å². The van der Waals surface area contributed by atoms with Crippen LogP contribution in [0.5, 0.6) is 0 Å². The zero-order chi connectivity index (χ0) is 12.4. The van der Waals surface area contributed by atoms with Crippen LogP contribution in [0.4, 0.5) is 0 Å². The predicted molar refractivity (Wildman–Crippen MR) is 62.0 cm³/mol. The van der Waals surface area contributed by atoms with E-state index in [1.807, 2.05) is 18.2 Å². The van der Waals surface area contributed by atoms with Crippen LogP contribution < -0.4 is 5.73 Å². The fourth-order valence-electron chi connectivity index (χ4n) is 1.95. The van der Waals surface area contributed by atoms with E-state index in [2.05, 4.69) is 0 Å². The van der Waals surface area contributed by atoms with Gasteiger partial charge in [0.2, 0.25) is 5.91 Å². The Labute approximate surface area is 99.5 Å². The van der Waals surface area contributed by atoms with E-state index in [0.29, 0.717) is 0 Å². The molecule has 0 spiro atoms. The van der Waals surface area contributed by atoms with Gasteiger partial charge >= 0.3 is 0 Å². The number of aliphatic hydroxyl groups excluding tert-OH is 2. The van der Waals surface area contributed by atoms with Crippen LogP contribution in [0, 0.1) is 0 Å². The number of likely N-dealkylation sites (tertiary alicyclic amines) is 1. The Morgan fingerprint density at radius 1 is 1.24 bits per heavy atom. The van der Waals surface area contributed by atoms with Crippen molar-refractivity contribution in [1.29, 1.82) is 0 Å². The molecule has 1 aliphatic heterocycles. The molecular weight excluding hydrogens is 220 g/mol. The molecule has 92 valence electrons. The van der Waals surface area contributed by atoms with Gasteiger partial charge in [-0.05, 0) is 5.56 Å². The van der Waals surface area contributed by atoms with Gasteiger partial charge in [0.15, 0.2) is 0 Å². The maximum atomic E-state index is 12.0. The summed E-state index contributed by atoms with van der Waals surface area (Å²) in [5, 5.41) is 18.8. The summed E-state index contributed by atoms with van der Waals surface area (Å²) in [6, 6.07) is 8.31. The number of aliphatic hydroxyl groups is 2. The molecule has 5 nitrogen and oxygen atoms in total. The molecule has 0 aromatic heterocycles. The Morgan fingerprint density at radius 2 is 1.76 bits per heavy atom. The largest absolute Gasteiger partial charge is 0.388 e. The van der Waals surface area contributed by atoms with E-state index in [1.54, 1.807) is 12.1 Å². The Morgan fingerprint density at radius 3 is 2.29 bits per heavy atom. The standard InChI is InChI=1S/C12H16N2O3/c13-11(8-4-2-1-3-5-8)12(17)14-6-9(15)10(16)7-14/h1-5,9-11,15-16H,6-7,13H2/t9-,10+,11?. The van der Waals surface area contributed by atoms with Crippen molar-refractivity contribution in [2.75, 3.05) is 13.1 Å². The minimum Gasteiger partial charge on any atom is -0.388 e. The lowest BCUT2D eigenvalue weighted by Gasteiger charge is -2.20. The first-order valence-electron chi connectivity index (χ1n) is 5.55. The smallest absolute Gasteiger partial charge is 0.244 e. The molecule has 1 aromatic rings. The molecule has 1 aromatic carbocycles. The summed E-state index contributed by atoms with van der Waals surface area (Å²) >= 11 is 0. The summed E-state index contributed by atoms with van der Waals surface area (Å²) in [5.74, 6) is -0.271. The van der Waals surface area contributed by atoms with Gasteiger partial charge in [0.1, 0.15) is 6.04 Å². The molecular formula is C12H16N2O3. The lowest BCUT2D eigenvalue weighted by Crippen LogP contribution is -2.37. The fourth-order valence-corrected chi connectivity index (χ4v) is 1.95. The number of carbonyl (C=O) groups excluding carboxylic acids is 1. The SMILES string of the molecule is NC(C(=O)N1C[C@@H](O)[C@@H](O)C1)c1ccccc1. The second-order valence-corrected chi connectivity index (χ2v) is 4.27. The molecule has 1 fully saturated rings. The average molecular weight is 236 g/mol. The van der Waals surface area contributed by atoms with Gasteiger partial charge < -0.3 is 20.8 Å². The molecule has 0 saturated carbocycles. The topological polar surface area (TPSA) is 86.8 Å². The number of β-amino-alcohol motifs (C(OH)–C–C–N with tert-alkyl or cyclic N) is 2. The van der Waals surface area contributed by atoms with E-state index >= 15 is 0 Å². The first-order valence-corrected chi connectivity index (χ1v) is 5.55. The minimum absolute atomic E-state index is 0.139. The van der Waals surface area contributed by atoms with Gasteiger partial charge in [-0.3, -0.25) is 4.79 Å². The number of carbonyl (C=O) groups is 1. The van der Waals surface area contributed by atoms with Crippen LogP contribution in [0.3, 0.4) is 0 Å². The highest BCUT2D eigenvalue weighted by Gasteiger charge is 2.34. The molecule has 5 heteroatoms. The molecule has 0 bridgehead atoms. The molecule has 0 aliphatic carbocycles. The number of benzene rings is 1. The minimum atomic E-state index is -0.873. The third-order valence-electron chi connectivity index (χ3n) is 3.00.